The van der Waals surface area contributed by atoms with E-state index in [-0.39, 0.29) is 12.7 Å². The molecular weight excluding hydrogens is 154 g/mol. The largest absolute Gasteiger partial charge is 0.396 e. The molecule has 0 aromatic heterocycles. The van der Waals surface area contributed by atoms with Crippen LogP contribution in [0, 0.1) is 0 Å². The van der Waals surface area contributed by atoms with Crippen molar-refractivity contribution in [1.29, 1.82) is 0 Å². The third-order valence-electron chi connectivity index (χ3n) is 2.84. The molecule has 2 aliphatic heterocycles. The summed E-state index contributed by atoms with van der Waals surface area (Å²) in [6.07, 6.45) is 6.10. The van der Waals surface area contributed by atoms with Crippen LogP contribution in [0.3, 0.4) is 0 Å². The van der Waals surface area contributed by atoms with Crippen LogP contribution in [0.5, 0.6) is 0 Å². The minimum Gasteiger partial charge on any atom is -0.396 e. The fourth-order valence-electron chi connectivity index (χ4n) is 2.20. The van der Waals surface area contributed by atoms with E-state index < -0.39 is 0 Å². The maximum Gasteiger partial charge on any atom is 0.0831 e. The molecule has 70 valence electrons. The van der Waals surface area contributed by atoms with Crippen molar-refractivity contribution in [2.75, 3.05) is 13.2 Å². The van der Waals surface area contributed by atoms with Crippen molar-refractivity contribution in [1.82, 2.24) is 5.06 Å². The number of piperidine rings is 1. The van der Waals surface area contributed by atoms with E-state index in [9.17, 15) is 0 Å². The maximum atomic E-state index is 8.76. The zero-order valence-corrected chi connectivity index (χ0v) is 7.41. The quantitative estimate of drug-likeness (QED) is 0.670. The zero-order chi connectivity index (χ0) is 8.39. The Morgan fingerprint density at radius 1 is 1.42 bits per heavy atom. The summed E-state index contributed by atoms with van der Waals surface area (Å²) in [5.74, 6) is 0. The van der Waals surface area contributed by atoms with Gasteiger partial charge in [0.25, 0.3) is 0 Å². The van der Waals surface area contributed by atoms with Crippen molar-refractivity contribution >= 4 is 0 Å². The molecule has 0 aliphatic carbocycles. The molecule has 2 heterocycles. The predicted octanol–water partition coefficient (Wildman–Crippen LogP) is 0.927. The molecular formula is C9H17NO2. The van der Waals surface area contributed by atoms with Crippen molar-refractivity contribution in [3.8, 4) is 0 Å². The Balaban J connectivity index is 1.85. The van der Waals surface area contributed by atoms with E-state index >= 15 is 0 Å². The van der Waals surface area contributed by atoms with E-state index in [1.54, 1.807) is 0 Å². The van der Waals surface area contributed by atoms with Gasteiger partial charge in [-0.2, -0.15) is 5.06 Å². The van der Waals surface area contributed by atoms with Crippen LogP contribution in [0.25, 0.3) is 0 Å². The van der Waals surface area contributed by atoms with Gasteiger partial charge in [0.1, 0.15) is 0 Å². The average Bonchev–Trinajstić information content (AvgIpc) is 2.47. The summed E-state index contributed by atoms with van der Waals surface area (Å²) >= 11 is 0. The van der Waals surface area contributed by atoms with Crippen molar-refractivity contribution in [2.24, 2.45) is 0 Å². The lowest BCUT2D eigenvalue weighted by atomic mass is 10.00. The Bertz CT molecular complexity index is 137. The van der Waals surface area contributed by atoms with Crippen LogP contribution in [0.4, 0.5) is 0 Å². The Kier molecular flexibility index (Phi) is 2.63. The van der Waals surface area contributed by atoms with Crippen LogP contribution in [0.2, 0.25) is 0 Å². The molecule has 0 amide bonds. The van der Waals surface area contributed by atoms with Crippen LogP contribution < -0.4 is 0 Å². The van der Waals surface area contributed by atoms with Crippen LogP contribution in [-0.4, -0.2) is 35.5 Å². The third-order valence-corrected chi connectivity index (χ3v) is 2.84. The average molecular weight is 171 g/mol. The normalized spacial score (nSPS) is 36.8. The molecule has 0 radical (unpaired) electrons. The molecule has 0 spiro atoms. The lowest BCUT2D eigenvalue weighted by Gasteiger charge is -2.26. The molecule has 2 aliphatic rings. The van der Waals surface area contributed by atoms with Gasteiger partial charge in [0.2, 0.25) is 0 Å². The van der Waals surface area contributed by atoms with Gasteiger partial charge in [-0.3, -0.25) is 4.84 Å². The number of aliphatic hydroxyl groups excluding tert-OH is 1. The molecule has 0 aromatic carbocycles. The molecule has 2 atom stereocenters. The SMILES string of the molecule is OCCC1CC2CCCCN2O1. The lowest BCUT2D eigenvalue weighted by Crippen LogP contribution is -2.32. The first-order chi connectivity index (χ1) is 5.90. The first kappa shape index (κ1) is 8.48. The van der Waals surface area contributed by atoms with E-state index in [2.05, 4.69) is 5.06 Å². The second-order valence-electron chi connectivity index (χ2n) is 3.77. The molecule has 1 N–H and O–H groups in total. The highest BCUT2D eigenvalue weighted by molar-refractivity contribution is 4.80. The monoisotopic (exact) mass is 171 g/mol. The predicted molar refractivity (Wildman–Crippen MR) is 45.5 cm³/mol. The van der Waals surface area contributed by atoms with Crippen LogP contribution in [0.1, 0.15) is 32.1 Å². The fourth-order valence-corrected chi connectivity index (χ4v) is 2.20. The zero-order valence-electron chi connectivity index (χ0n) is 7.41. The fraction of sp³-hybridized carbons (Fsp3) is 1.00. The summed E-state index contributed by atoms with van der Waals surface area (Å²) in [6, 6.07) is 0.648. The van der Waals surface area contributed by atoms with Crippen molar-refractivity contribution in [3.63, 3.8) is 0 Å². The van der Waals surface area contributed by atoms with Gasteiger partial charge in [-0.15, -0.1) is 0 Å². The highest BCUT2D eigenvalue weighted by Crippen LogP contribution is 2.30. The molecule has 2 unspecified atom stereocenters. The van der Waals surface area contributed by atoms with Gasteiger partial charge >= 0.3 is 0 Å². The Morgan fingerprint density at radius 2 is 2.33 bits per heavy atom. The highest BCUT2D eigenvalue weighted by atomic mass is 16.7. The second-order valence-corrected chi connectivity index (χ2v) is 3.77. The molecule has 2 fully saturated rings. The van der Waals surface area contributed by atoms with Crippen LogP contribution in [-0.2, 0) is 4.84 Å². The van der Waals surface area contributed by atoms with Gasteiger partial charge in [0.15, 0.2) is 0 Å². The summed E-state index contributed by atoms with van der Waals surface area (Å²) in [6.45, 7) is 1.35. The topological polar surface area (TPSA) is 32.7 Å². The third kappa shape index (κ3) is 1.63. The number of hydroxylamine groups is 2. The standard InChI is InChI=1S/C9H17NO2/c11-6-4-9-7-8-3-1-2-5-10(8)12-9/h8-9,11H,1-7H2. The molecule has 0 aromatic rings. The van der Waals surface area contributed by atoms with Gasteiger partial charge in [0, 0.05) is 19.2 Å². The Labute approximate surface area is 73.3 Å². The van der Waals surface area contributed by atoms with E-state index in [4.69, 9.17) is 9.94 Å². The Hall–Kier alpha value is -0.120. The maximum absolute atomic E-state index is 8.76. The van der Waals surface area contributed by atoms with E-state index in [1.165, 1.54) is 19.3 Å². The minimum atomic E-state index is 0.255. The molecule has 0 bridgehead atoms. The highest BCUT2D eigenvalue weighted by Gasteiger charge is 2.34. The smallest absolute Gasteiger partial charge is 0.0831 e. The van der Waals surface area contributed by atoms with Crippen LogP contribution >= 0.6 is 0 Å². The lowest BCUT2D eigenvalue weighted by molar-refractivity contribution is -0.173. The number of hydrogen-bond acceptors (Lipinski definition) is 3. The second kappa shape index (κ2) is 3.73. The van der Waals surface area contributed by atoms with Crippen molar-refractivity contribution in [3.05, 3.63) is 0 Å². The van der Waals surface area contributed by atoms with E-state index in [1.807, 2.05) is 0 Å². The van der Waals surface area contributed by atoms with Crippen LogP contribution in [0.15, 0.2) is 0 Å². The number of hydrogen-bond donors (Lipinski definition) is 1. The van der Waals surface area contributed by atoms with E-state index in [0.29, 0.717) is 6.04 Å². The summed E-state index contributed by atoms with van der Waals surface area (Å²) < 4.78 is 0. The molecule has 2 rings (SSSR count). The Morgan fingerprint density at radius 3 is 3.08 bits per heavy atom. The van der Waals surface area contributed by atoms with Crippen molar-refractivity contribution in [2.45, 2.75) is 44.2 Å². The van der Waals surface area contributed by atoms with Gasteiger partial charge in [-0.25, -0.2) is 0 Å². The van der Waals surface area contributed by atoms with Gasteiger partial charge < -0.3 is 5.11 Å². The number of aliphatic hydroxyl groups is 1. The van der Waals surface area contributed by atoms with Gasteiger partial charge in [-0.05, 0) is 25.7 Å². The number of nitrogens with zero attached hydrogens (tertiary/aromatic N) is 1. The summed E-state index contributed by atoms with van der Waals surface area (Å²) in [5.41, 5.74) is 0. The van der Waals surface area contributed by atoms with Crippen molar-refractivity contribution < 1.29 is 9.94 Å². The molecule has 3 nitrogen and oxygen atoms in total. The first-order valence-electron chi connectivity index (χ1n) is 4.94. The number of rotatable bonds is 2. The first-order valence-corrected chi connectivity index (χ1v) is 4.94. The number of fused-ring (bicyclic) bond motifs is 1. The molecule has 12 heavy (non-hydrogen) atoms. The minimum absolute atomic E-state index is 0.255. The molecule has 3 heteroatoms. The molecule has 2 saturated heterocycles. The molecule has 0 saturated carbocycles. The van der Waals surface area contributed by atoms with Gasteiger partial charge in [0.05, 0.1) is 6.10 Å². The summed E-state index contributed by atoms with van der Waals surface area (Å²) in [7, 11) is 0. The summed E-state index contributed by atoms with van der Waals surface area (Å²) in [5, 5.41) is 10.9. The van der Waals surface area contributed by atoms with E-state index in [0.717, 1.165) is 19.4 Å². The van der Waals surface area contributed by atoms with Gasteiger partial charge in [-0.1, -0.05) is 6.42 Å². The summed E-state index contributed by atoms with van der Waals surface area (Å²) in [4.78, 5) is 5.68.